The Morgan fingerprint density at radius 3 is 2.49 bits per heavy atom. The standard InChI is InChI=1S/C25H21FN2O6S/c1-3-33-24(32)21-14(2)27-25-28(22(21)16-6-8-17(26)9-7-16)23(31)19(35-25)12-15-4-10-18(11-5-15)34-13-20(29)30/h4-12,22H,3,13H2,1-2H3,(H,29,30)/b19-12+/t22-/m0/s1. The van der Waals surface area contributed by atoms with Crippen molar-refractivity contribution in [3.8, 4) is 5.75 Å². The molecule has 2 aromatic carbocycles. The van der Waals surface area contributed by atoms with Crippen LogP contribution in [-0.2, 0) is 14.3 Å². The van der Waals surface area contributed by atoms with E-state index in [0.29, 0.717) is 31.9 Å². The van der Waals surface area contributed by atoms with Crippen molar-refractivity contribution in [2.24, 2.45) is 4.99 Å². The number of carbonyl (C=O) groups excluding carboxylic acids is 1. The van der Waals surface area contributed by atoms with Crippen LogP contribution in [0.2, 0.25) is 0 Å². The van der Waals surface area contributed by atoms with Gasteiger partial charge in [-0.2, -0.15) is 0 Å². The summed E-state index contributed by atoms with van der Waals surface area (Å²) in [4.78, 5) is 41.9. The minimum Gasteiger partial charge on any atom is -0.482 e. The number of carboxylic acid groups (broad SMARTS) is 1. The molecule has 0 spiro atoms. The molecule has 0 amide bonds. The fraction of sp³-hybridized carbons (Fsp3) is 0.200. The molecule has 1 aliphatic rings. The Hall–Kier alpha value is -4.05. The predicted octanol–water partition coefficient (Wildman–Crippen LogP) is 2.40. The molecule has 8 nitrogen and oxygen atoms in total. The highest BCUT2D eigenvalue weighted by Gasteiger charge is 2.33. The average Bonchev–Trinajstić information content (AvgIpc) is 3.12. The van der Waals surface area contributed by atoms with E-state index in [-0.39, 0.29) is 17.7 Å². The van der Waals surface area contributed by atoms with E-state index in [1.165, 1.54) is 40.2 Å². The molecule has 35 heavy (non-hydrogen) atoms. The van der Waals surface area contributed by atoms with Gasteiger partial charge < -0.3 is 14.6 Å². The minimum atomic E-state index is -1.08. The molecule has 2 heterocycles. The number of esters is 1. The van der Waals surface area contributed by atoms with E-state index in [1.54, 1.807) is 44.2 Å². The Labute approximate surface area is 202 Å². The maximum absolute atomic E-state index is 13.6. The molecular formula is C25H21FN2O6S. The van der Waals surface area contributed by atoms with Crippen molar-refractivity contribution in [2.75, 3.05) is 13.2 Å². The highest BCUT2D eigenvalue weighted by molar-refractivity contribution is 7.07. The summed E-state index contributed by atoms with van der Waals surface area (Å²) < 4.78 is 25.8. The third kappa shape index (κ3) is 5.07. The van der Waals surface area contributed by atoms with Crippen LogP contribution in [0, 0.1) is 5.82 Å². The third-order valence-electron chi connectivity index (χ3n) is 5.24. The summed E-state index contributed by atoms with van der Waals surface area (Å²) in [5.41, 5.74) is 1.53. The lowest BCUT2D eigenvalue weighted by Gasteiger charge is -2.24. The summed E-state index contributed by atoms with van der Waals surface area (Å²) in [6, 6.07) is 11.4. The normalized spacial score (nSPS) is 15.4. The van der Waals surface area contributed by atoms with Crippen molar-refractivity contribution < 1.29 is 28.6 Å². The van der Waals surface area contributed by atoms with Crippen LogP contribution < -0.4 is 19.6 Å². The van der Waals surface area contributed by atoms with E-state index >= 15 is 0 Å². The van der Waals surface area contributed by atoms with Gasteiger partial charge in [0, 0.05) is 0 Å². The number of nitrogens with zero attached hydrogens (tertiary/aromatic N) is 2. The molecule has 1 aliphatic heterocycles. The van der Waals surface area contributed by atoms with Crippen LogP contribution in [0.15, 0.2) is 69.6 Å². The molecule has 3 aromatic rings. The molecular weight excluding hydrogens is 475 g/mol. The van der Waals surface area contributed by atoms with Gasteiger partial charge in [-0.05, 0) is 55.3 Å². The number of benzene rings is 2. The van der Waals surface area contributed by atoms with Gasteiger partial charge in [-0.25, -0.2) is 19.0 Å². The topological polar surface area (TPSA) is 107 Å². The minimum absolute atomic E-state index is 0.155. The molecule has 1 N–H and O–H groups in total. The van der Waals surface area contributed by atoms with Crippen LogP contribution in [0.4, 0.5) is 4.39 Å². The summed E-state index contributed by atoms with van der Waals surface area (Å²) >= 11 is 1.17. The molecule has 0 fully saturated rings. The summed E-state index contributed by atoms with van der Waals surface area (Å²) in [5.74, 6) is -1.72. The fourth-order valence-corrected chi connectivity index (χ4v) is 4.76. The van der Waals surface area contributed by atoms with Crippen LogP contribution in [0.25, 0.3) is 6.08 Å². The number of aliphatic carboxylic acids is 1. The van der Waals surface area contributed by atoms with Gasteiger partial charge in [0.1, 0.15) is 11.6 Å². The van der Waals surface area contributed by atoms with Crippen molar-refractivity contribution in [2.45, 2.75) is 19.9 Å². The SMILES string of the molecule is CCOC(=O)C1=C(C)N=c2s/c(=C/c3ccc(OCC(=O)O)cc3)c(=O)n2[C@H]1c1ccc(F)cc1. The summed E-state index contributed by atoms with van der Waals surface area (Å²) in [6.45, 7) is 3.06. The number of allylic oxidation sites excluding steroid dienone is 1. The number of halogens is 1. The first-order valence-corrected chi connectivity index (χ1v) is 11.5. The highest BCUT2D eigenvalue weighted by Crippen LogP contribution is 2.30. The largest absolute Gasteiger partial charge is 0.482 e. The zero-order chi connectivity index (χ0) is 25.1. The molecule has 0 saturated carbocycles. The molecule has 0 radical (unpaired) electrons. The Balaban J connectivity index is 1.81. The van der Waals surface area contributed by atoms with Gasteiger partial charge in [0.05, 0.1) is 28.5 Å². The van der Waals surface area contributed by atoms with Gasteiger partial charge in [-0.3, -0.25) is 9.36 Å². The zero-order valence-electron chi connectivity index (χ0n) is 18.9. The van der Waals surface area contributed by atoms with E-state index in [1.807, 2.05) is 0 Å². The average molecular weight is 497 g/mol. The number of carboxylic acids is 1. The highest BCUT2D eigenvalue weighted by atomic mass is 32.1. The van der Waals surface area contributed by atoms with E-state index in [9.17, 15) is 18.8 Å². The number of hydrogen-bond donors (Lipinski definition) is 1. The number of thiazole rings is 1. The molecule has 0 bridgehead atoms. The number of aromatic nitrogens is 1. The van der Waals surface area contributed by atoms with Crippen molar-refractivity contribution in [1.29, 1.82) is 0 Å². The van der Waals surface area contributed by atoms with Crippen molar-refractivity contribution in [3.05, 3.63) is 96.4 Å². The number of ether oxygens (including phenoxy) is 2. The van der Waals surface area contributed by atoms with E-state index < -0.39 is 30.4 Å². The van der Waals surface area contributed by atoms with Crippen LogP contribution in [0.1, 0.15) is 31.0 Å². The summed E-state index contributed by atoms with van der Waals surface area (Å²) in [6.07, 6.45) is 1.68. The second kappa shape index (κ2) is 10.1. The number of hydrogen-bond acceptors (Lipinski definition) is 7. The van der Waals surface area contributed by atoms with Crippen molar-refractivity contribution in [1.82, 2.24) is 4.57 Å². The van der Waals surface area contributed by atoms with Crippen LogP contribution in [0.3, 0.4) is 0 Å². The maximum atomic E-state index is 13.6. The molecule has 1 aromatic heterocycles. The lowest BCUT2D eigenvalue weighted by molar-refractivity contribution is -0.140. The predicted molar refractivity (Wildman–Crippen MR) is 126 cm³/mol. The summed E-state index contributed by atoms with van der Waals surface area (Å²) in [7, 11) is 0. The van der Waals surface area contributed by atoms with Gasteiger partial charge in [0.2, 0.25) is 0 Å². The molecule has 0 saturated heterocycles. The van der Waals surface area contributed by atoms with Crippen LogP contribution in [0.5, 0.6) is 5.75 Å². The quantitative estimate of drug-likeness (QED) is 0.504. The monoisotopic (exact) mass is 496 g/mol. The number of carbonyl (C=O) groups is 2. The van der Waals surface area contributed by atoms with Gasteiger partial charge >= 0.3 is 11.9 Å². The first kappa shape index (κ1) is 24.1. The number of fused-ring (bicyclic) bond motifs is 1. The smallest absolute Gasteiger partial charge is 0.341 e. The molecule has 180 valence electrons. The van der Waals surface area contributed by atoms with E-state index in [0.717, 1.165) is 0 Å². The molecule has 0 unspecified atom stereocenters. The molecule has 4 rings (SSSR count). The van der Waals surface area contributed by atoms with Crippen LogP contribution >= 0.6 is 11.3 Å². The maximum Gasteiger partial charge on any atom is 0.341 e. The third-order valence-corrected chi connectivity index (χ3v) is 6.23. The number of rotatable bonds is 7. The first-order chi connectivity index (χ1) is 16.8. The zero-order valence-corrected chi connectivity index (χ0v) is 19.7. The van der Waals surface area contributed by atoms with Gasteiger partial charge in [-0.15, -0.1) is 0 Å². The van der Waals surface area contributed by atoms with E-state index in [4.69, 9.17) is 14.6 Å². The van der Waals surface area contributed by atoms with E-state index in [2.05, 4.69) is 4.99 Å². The Bertz CT molecular complexity index is 1490. The van der Waals surface area contributed by atoms with Crippen molar-refractivity contribution in [3.63, 3.8) is 0 Å². The molecule has 1 atom stereocenters. The van der Waals surface area contributed by atoms with Crippen LogP contribution in [-0.4, -0.2) is 34.8 Å². The lowest BCUT2D eigenvalue weighted by atomic mass is 9.96. The summed E-state index contributed by atoms with van der Waals surface area (Å²) in [5, 5.41) is 8.73. The lowest BCUT2D eigenvalue weighted by Crippen LogP contribution is -2.39. The fourth-order valence-electron chi connectivity index (χ4n) is 3.71. The second-order valence-corrected chi connectivity index (χ2v) is 8.61. The van der Waals surface area contributed by atoms with Gasteiger partial charge in [0.25, 0.3) is 5.56 Å². The second-order valence-electron chi connectivity index (χ2n) is 7.61. The molecule has 0 aliphatic carbocycles. The molecule has 10 heteroatoms. The Morgan fingerprint density at radius 2 is 1.86 bits per heavy atom. The van der Waals surface area contributed by atoms with Crippen molar-refractivity contribution >= 4 is 29.4 Å². The van der Waals surface area contributed by atoms with Gasteiger partial charge in [0.15, 0.2) is 11.4 Å². The Morgan fingerprint density at radius 1 is 1.17 bits per heavy atom. The first-order valence-electron chi connectivity index (χ1n) is 10.7. The van der Waals surface area contributed by atoms with Gasteiger partial charge in [-0.1, -0.05) is 35.6 Å². The Kier molecular flexibility index (Phi) is 6.92.